The van der Waals surface area contributed by atoms with Gasteiger partial charge in [0.25, 0.3) is 0 Å². The van der Waals surface area contributed by atoms with Crippen LogP contribution < -0.4 is 11.0 Å². The van der Waals surface area contributed by atoms with Crippen LogP contribution >= 0.6 is 11.8 Å². The Labute approximate surface area is 105 Å². The minimum Gasteiger partial charge on any atom is -0.317 e. The van der Waals surface area contributed by atoms with E-state index in [1.807, 2.05) is 4.57 Å². The van der Waals surface area contributed by atoms with E-state index in [-0.39, 0.29) is 5.69 Å². The van der Waals surface area contributed by atoms with E-state index in [1.54, 1.807) is 11.8 Å². The highest BCUT2D eigenvalue weighted by Crippen LogP contribution is 2.35. The minimum atomic E-state index is -0.0564. The predicted octanol–water partition coefficient (Wildman–Crippen LogP) is 1.39. The molecule has 0 saturated heterocycles. The van der Waals surface area contributed by atoms with Gasteiger partial charge in [-0.3, -0.25) is 4.57 Å². The fourth-order valence-electron chi connectivity index (χ4n) is 1.71. The van der Waals surface area contributed by atoms with Gasteiger partial charge in [-0.25, -0.2) is 9.89 Å². The van der Waals surface area contributed by atoms with Gasteiger partial charge in [-0.05, 0) is 38.8 Å². The molecule has 1 aliphatic rings. The second kappa shape index (κ2) is 6.26. The first kappa shape index (κ1) is 12.7. The Hall–Kier alpha value is -0.750. The summed E-state index contributed by atoms with van der Waals surface area (Å²) in [5.41, 5.74) is -0.0564. The van der Waals surface area contributed by atoms with Gasteiger partial charge in [-0.15, -0.1) is 5.10 Å². The largest absolute Gasteiger partial charge is 0.344 e. The topological polar surface area (TPSA) is 62.7 Å². The molecular weight excluding hydrogens is 236 g/mol. The van der Waals surface area contributed by atoms with Crippen LogP contribution in [0.1, 0.15) is 38.6 Å². The Morgan fingerprint density at radius 2 is 2.35 bits per heavy atom. The molecule has 6 heteroatoms. The second-order valence-electron chi connectivity index (χ2n) is 4.36. The molecule has 17 heavy (non-hydrogen) atoms. The molecular formula is C11H20N4OS. The Morgan fingerprint density at radius 1 is 1.53 bits per heavy atom. The second-order valence-corrected chi connectivity index (χ2v) is 5.43. The van der Waals surface area contributed by atoms with E-state index in [9.17, 15) is 4.79 Å². The van der Waals surface area contributed by atoms with Gasteiger partial charge in [0.15, 0.2) is 5.16 Å². The van der Waals surface area contributed by atoms with E-state index >= 15 is 0 Å². The van der Waals surface area contributed by atoms with Gasteiger partial charge in [0.2, 0.25) is 0 Å². The number of aromatic nitrogens is 3. The SMILES string of the molecule is CCCNCCCSc1n[nH]c(=O)n1C1CC1. The van der Waals surface area contributed by atoms with Crippen molar-refractivity contribution >= 4 is 11.8 Å². The molecule has 0 radical (unpaired) electrons. The summed E-state index contributed by atoms with van der Waals surface area (Å²) < 4.78 is 1.81. The monoisotopic (exact) mass is 256 g/mol. The van der Waals surface area contributed by atoms with Crippen LogP contribution in [-0.4, -0.2) is 33.6 Å². The lowest BCUT2D eigenvalue weighted by Gasteiger charge is -2.04. The molecule has 0 amide bonds. The molecule has 0 atom stereocenters. The van der Waals surface area contributed by atoms with E-state index in [0.717, 1.165) is 43.3 Å². The Balaban J connectivity index is 1.73. The van der Waals surface area contributed by atoms with Crippen molar-refractivity contribution in [2.24, 2.45) is 0 Å². The molecule has 2 N–H and O–H groups in total. The highest BCUT2D eigenvalue weighted by molar-refractivity contribution is 7.99. The third kappa shape index (κ3) is 3.61. The van der Waals surface area contributed by atoms with E-state index in [1.165, 1.54) is 6.42 Å². The normalized spacial score (nSPS) is 15.4. The first-order valence-electron chi connectivity index (χ1n) is 6.33. The summed E-state index contributed by atoms with van der Waals surface area (Å²) in [6.45, 7) is 4.29. The van der Waals surface area contributed by atoms with Gasteiger partial charge in [0.05, 0.1) is 0 Å². The molecule has 1 aromatic rings. The predicted molar refractivity (Wildman–Crippen MR) is 69.6 cm³/mol. The van der Waals surface area contributed by atoms with Crippen LogP contribution in [0.2, 0.25) is 0 Å². The van der Waals surface area contributed by atoms with E-state index in [2.05, 4.69) is 22.4 Å². The number of nitrogens with one attached hydrogen (secondary N) is 2. The average molecular weight is 256 g/mol. The number of rotatable bonds is 8. The summed E-state index contributed by atoms with van der Waals surface area (Å²) >= 11 is 1.67. The molecule has 96 valence electrons. The van der Waals surface area contributed by atoms with Gasteiger partial charge in [0, 0.05) is 11.8 Å². The molecule has 1 saturated carbocycles. The minimum absolute atomic E-state index is 0.0564. The van der Waals surface area contributed by atoms with Crippen LogP contribution in [0.3, 0.4) is 0 Å². The van der Waals surface area contributed by atoms with Gasteiger partial charge < -0.3 is 5.32 Å². The van der Waals surface area contributed by atoms with Crippen molar-refractivity contribution in [1.29, 1.82) is 0 Å². The Bertz CT molecular complexity index is 396. The van der Waals surface area contributed by atoms with Crippen molar-refractivity contribution in [2.75, 3.05) is 18.8 Å². The van der Waals surface area contributed by atoms with Gasteiger partial charge in [-0.2, -0.15) is 0 Å². The van der Waals surface area contributed by atoms with Crippen molar-refractivity contribution in [3.05, 3.63) is 10.5 Å². The lowest BCUT2D eigenvalue weighted by Crippen LogP contribution is -2.17. The first-order chi connectivity index (χ1) is 8.33. The number of thioether (sulfide) groups is 1. The number of hydrogen-bond acceptors (Lipinski definition) is 4. The smallest absolute Gasteiger partial charge is 0.317 e. The zero-order valence-corrected chi connectivity index (χ0v) is 11.1. The summed E-state index contributed by atoms with van der Waals surface area (Å²) in [4.78, 5) is 11.5. The molecule has 0 unspecified atom stereocenters. The third-order valence-electron chi connectivity index (χ3n) is 2.74. The summed E-state index contributed by atoms with van der Waals surface area (Å²) in [6.07, 6.45) is 4.51. The van der Waals surface area contributed by atoms with Crippen LogP contribution in [-0.2, 0) is 0 Å². The third-order valence-corrected chi connectivity index (χ3v) is 3.78. The zero-order chi connectivity index (χ0) is 12.1. The summed E-state index contributed by atoms with van der Waals surface area (Å²) in [7, 11) is 0. The van der Waals surface area contributed by atoms with Crippen molar-refractivity contribution < 1.29 is 0 Å². The maximum atomic E-state index is 11.5. The lowest BCUT2D eigenvalue weighted by atomic mass is 10.4. The quantitative estimate of drug-likeness (QED) is 0.545. The molecule has 5 nitrogen and oxygen atoms in total. The number of H-pyrrole nitrogens is 1. The molecule has 1 aliphatic carbocycles. The molecule has 2 rings (SSSR count). The van der Waals surface area contributed by atoms with Crippen LogP contribution in [0.15, 0.2) is 9.95 Å². The average Bonchev–Trinajstić information content (AvgIpc) is 3.09. The molecule has 0 aliphatic heterocycles. The number of hydrogen-bond donors (Lipinski definition) is 2. The van der Waals surface area contributed by atoms with Crippen molar-refractivity contribution in [3.8, 4) is 0 Å². The zero-order valence-electron chi connectivity index (χ0n) is 10.2. The maximum Gasteiger partial charge on any atom is 0.344 e. The van der Waals surface area contributed by atoms with Crippen LogP contribution in [0, 0.1) is 0 Å². The Kier molecular flexibility index (Phi) is 4.67. The summed E-state index contributed by atoms with van der Waals surface area (Å²) in [5, 5.41) is 10.8. The van der Waals surface area contributed by atoms with Crippen LogP contribution in [0.25, 0.3) is 0 Å². The Morgan fingerprint density at radius 3 is 3.06 bits per heavy atom. The highest BCUT2D eigenvalue weighted by Gasteiger charge is 2.28. The highest BCUT2D eigenvalue weighted by atomic mass is 32.2. The molecule has 0 bridgehead atoms. The van der Waals surface area contributed by atoms with Crippen molar-refractivity contribution in [1.82, 2.24) is 20.1 Å². The van der Waals surface area contributed by atoms with Gasteiger partial charge in [-0.1, -0.05) is 18.7 Å². The number of nitrogens with zero attached hydrogens (tertiary/aromatic N) is 2. The van der Waals surface area contributed by atoms with Crippen LogP contribution in [0.5, 0.6) is 0 Å². The van der Waals surface area contributed by atoms with E-state index in [0.29, 0.717) is 6.04 Å². The number of aromatic amines is 1. The van der Waals surface area contributed by atoms with Crippen LogP contribution in [0.4, 0.5) is 0 Å². The van der Waals surface area contributed by atoms with Crippen molar-refractivity contribution in [2.45, 2.75) is 43.8 Å². The molecule has 1 heterocycles. The molecule has 0 spiro atoms. The maximum absolute atomic E-state index is 11.5. The van der Waals surface area contributed by atoms with Gasteiger partial charge in [0.1, 0.15) is 0 Å². The summed E-state index contributed by atoms with van der Waals surface area (Å²) in [5.74, 6) is 1.01. The summed E-state index contributed by atoms with van der Waals surface area (Å²) in [6, 6.07) is 0.405. The molecule has 1 fully saturated rings. The van der Waals surface area contributed by atoms with E-state index < -0.39 is 0 Å². The fourth-order valence-corrected chi connectivity index (χ4v) is 2.66. The fraction of sp³-hybridized carbons (Fsp3) is 0.818. The standard InChI is InChI=1S/C11H20N4OS/c1-2-6-12-7-3-8-17-11-14-13-10(16)15(11)9-4-5-9/h9,12H,2-8H2,1H3,(H,13,16). The van der Waals surface area contributed by atoms with Gasteiger partial charge >= 0.3 is 5.69 Å². The molecule has 0 aromatic carbocycles. The van der Waals surface area contributed by atoms with E-state index in [4.69, 9.17) is 0 Å². The van der Waals surface area contributed by atoms with Crippen molar-refractivity contribution in [3.63, 3.8) is 0 Å². The molecule has 1 aromatic heterocycles. The first-order valence-corrected chi connectivity index (χ1v) is 7.32. The lowest BCUT2D eigenvalue weighted by molar-refractivity contribution is 0.640.